The van der Waals surface area contributed by atoms with Crippen LogP contribution in [0.4, 0.5) is 0 Å². The third-order valence-electron chi connectivity index (χ3n) is 4.75. The first-order valence-corrected chi connectivity index (χ1v) is 16.4. The molecule has 0 aliphatic heterocycles. The summed E-state index contributed by atoms with van der Waals surface area (Å²) >= 11 is 13.3. The molecule has 0 radical (unpaired) electrons. The average molecular weight is 632 g/mol. The number of pyridine rings is 1. The average Bonchev–Trinajstić information content (AvgIpc) is 2.94. The topological polar surface area (TPSA) is 129 Å². The number of hydrogen-bond donors (Lipinski definition) is 7. The summed E-state index contributed by atoms with van der Waals surface area (Å²) in [6.45, 7) is 0.743. The second-order valence-corrected chi connectivity index (χ2v) is 11.8. The van der Waals surface area contributed by atoms with Gasteiger partial charge in [-0.05, 0) is 28.2 Å². The van der Waals surface area contributed by atoms with E-state index in [9.17, 15) is 19.2 Å². The van der Waals surface area contributed by atoms with Gasteiger partial charge in [0.2, 0.25) is 5.12 Å². The Bertz CT molecular complexity index is 1070. The Morgan fingerprint density at radius 2 is 1.68 bits per heavy atom. The van der Waals surface area contributed by atoms with Crippen LogP contribution in [0, 0.1) is 0 Å². The summed E-state index contributed by atoms with van der Waals surface area (Å²) in [4.78, 5) is 52.0. The van der Waals surface area contributed by atoms with Gasteiger partial charge in [0.25, 0.3) is 11.8 Å². The molecule has 1 heterocycles. The zero-order valence-corrected chi connectivity index (χ0v) is 25.3. The summed E-state index contributed by atoms with van der Waals surface area (Å²) in [5.74, 6) is 1.17. The van der Waals surface area contributed by atoms with Crippen molar-refractivity contribution in [1.29, 1.82) is 0 Å². The zero-order valence-electron chi connectivity index (χ0n) is 20.2. The smallest absolute Gasteiger partial charge is 0.269 e. The van der Waals surface area contributed by atoms with Crippen LogP contribution in [0.15, 0.2) is 42.6 Å². The normalized spacial score (nSPS) is 12.4. The van der Waals surface area contributed by atoms with Gasteiger partial charge in [-0.1, -0.05) is 53.1 Å². The second-order valence-electron chi connectivity index (χ2n) is 7.48. The zero-order chi connectivity index (χ0) is 27.8. The lowest BCUT2D eigenvalue weighted by molar-refractivity contribution is -0.111. The molecule has 2 aromatic rings. The van der Waals surface area contributed by atoms with Crippen molar-refractivity contribution in [2.45, 2.75) is 12.1 Å². The molecule has 0 spiro atoms. The van der Waals surface area contributed by atoms with Gasteiger partial charge in [-0.3, -0.25) is 24.1 Å². The molecule has 0 fully saturated rings. The molecule has 206 valence electrons. The Hall–Kier alpha value is -1.33. The van der Waals surface area contributed by atoms with E-state index in [-0.39, 0.29) is 28.7 Å². The number of carbonyl (C=O) groups is 4. The SMILES string of the molecule is O=C[C@H](CS)NSSCCNC(=O)c1cnc(C(=O)NCCSN[C@@H](CS)C(=O)S)cc1-c1ccccc1. The predicted octanol–water partition coefficient (Wildman–Crippen LogP) is 2.58. The maximum atomic E-state index is 12.9. The minimum absolute atomic E-state index is 0.184. The molecule has 0 aliphatic rings. The van der Waals surface area contributed by atoms with Crippen molar-refractivity contribution in [2.24, 2.45) is 0 Å². The Labute approximate surface area is 250 Å². The monoisotopic (exact) mass is 631 g/mol. The molecule has 2 rings (SSSR count). The van der Waals surface area contributed by atoms with E-state index in [1.807, 2.05) is 30.3 Å². The lowest BCUT2D eigenvalue weighted by Crippen LogP contribution is -2.33. The number of aromatic nitrogens is 1. The predicted molar refractivity (Wildman–Crippen MR) is 168 cm³/mol. The lowest BCUT2D eigenvalue weighted by atomic mass is 10.00. The summed E-state index contributed by atoms with van der Waals surface area (Å²) in [5.41, 5.74) is 1.91. The first kappa shape index (κ1) is 32.9. The lowest BCUT2D eigenvalue weighted by Gasteiger charge is -2.13. The van der Waals surface area contributed by atoms with Crippen LogP contribution in [0.3, 0.4) is 0 Å². The van der Waals surface area contributed by atoms with Gasteiger partial charge in [0.15, 0.2) is 0 Å². The third-order valence-corrected chi connectivity index (χ3v) is 8.71. The molecule has 2 atom stereocenters. The van der Waals surface area contributed by atoms with Gasteiger partial charge in [-0.15, -0.1) is 12.6 Å². The molecule has 0 unspecified atom stereocenters. The number of thiol groups is 3. The molecule has 0 saturated heterocycles. The van der Waals surface area contributed by atoms with Crippen LogP contribution in [0.1, 0.15) is 20.8 Å². The van der Waals surface area contributed by atoms with E-state index in [0.717, 1.165) is 11.8 Å². The number of benzene rings is 1. The van der Waals surface area contributed by atoms with Crippen LogP contribution in [-0.2, 0) is 9.59 Å². The molecule has 38 heavy (non-hydrogen) atoms. The molecule has 0 bridgehead atoms. The summed E-state index contributed by atoms with van der Waals surface area (Å²) in [7, 11) is 2.80. The molecular weight excluding hydrogens is 603 g/mol. The van der Waals surface area contributed by atoms with Gasteiger partial charge < -0.3 is 15.4 Å². The fourth-order valence-electron chi connectivity index (χ4n) is 2.80. The molecule has 4 N–H and O–H groups in total. The maximum Gasteiger partial charge on any atom is 0.269 e. The van der Waals surface area contributed by atoms with Gasteiger partial charge in [0, 0.05) is 42.3 Å². The van der Waals surface area contributed by atoms with Crippen molar-refractivity contribution >= 4 is 94.8 Å². The largest absolute Gasteiger partial charge is 0.351 e. The van der Waals surface area contributed by atoms with E-state index in [0.29, 0.717) is 47.2 Å². The quantitative estimate of drug-likeness (QED) is 0.0434. The van der Waals surface area contributed by atoms with Crippen molar-refractivity contribution < 1.29 is 19.2 Å². The fraction of sp³-hybridized carbons (Fsp3) is 0.348. The molecule has 9 nitrogen and oxygen atoms in total. The maximum absolute atomic E-state index is 12.9. The van der Waals surface area contributed by atoms with E-state index < -0.39 is 6.04 Å². The Morgan fingerprint density at radius 1 is 0.974 bits per heavy atom. The molecule has 15 heteroatoms. The summed E-state index contributed by atoms with van der Waals surface area (Å²) in [6, 6.07) is 10.1. The number of nitrogens with zero attached hydrogens (tertiary/aromatic N) is 1. The Balaban J connectivity index is 1.97. The van der Waals surface area contributed by atoms with Crippen molar-refractivity contribution in [3.63, 3.8) is 0 Å². The summed E-state index contributed by atoms with van der Waals surface area (Å²) < 4.78 is 5.92. The Morgan fingerprint density at radius 3 is 2.34 bits per heavy atom. The number of nitrogens with one attached hydrogen (secondary N) is 4. The highest BCUT2D eigenvalue weighted by Gasteiger charge is 2.18. The van der Waals surface area contributed by atoms with Gasteiger partial charge in [-0.25, -0.2) is 4.72 Å². The van der Waals surface area contributed by atoms with Gasteiger partial charge in [-0.2, -0.15) is 25.3 Å². The van der Waals surface area contributed by atoms with Crippen LogP contribution in [-0.4, -0.2) is 76.4 Å². The third kappa shape index (κ3) is 11.4. The standard InChI is InChI=1S/C23H29N5O4S6/c29-12-16(13-33)27-38-37-9-7-24-21(30)18-11-26-19(10-17(18)15-4-2-1-3-5-15)22(31)25-6-8-36-28-20(14-34)23(32)35/h1-5,10-12,16,20,27-28,33-34H,6-9,13-14H2,(H,24,30)(H,25,31)(H,32,35)/t16-,20+/m1/s1. The van der Waals surface area contributed by atoms with Gasteiger partial charge >= 0.3 is 0 Å². The van der Waals surface area contributed by atoms with E-state index >= 15 is 0 Å². The summed E-state index contributed by atoms with van der Waals surface area (Å²) in [5, 5.41) is 5.37. The molecular formula is C23H29N5O4S6. The molecule has 0 saturated carbocycles. The van der Waals surface area contributed by atoms with Gasteiger partial charge in [0.05, 0.1) is 17.6 Å². The highest BCUT2D eigenvalue weighted by molar-refractivity contribution is 8.76. The Kier molecular flexibility index (Phi) is 16.3. The van der Waals surface area contributed by atoms with Crippen molar-refractivity contribution in [1.82, 2.24) is 25.1 Å². The highest BCUT2D eigenvalue weighted by atomic mass is 33.1. The van der Waals surface area contributed by atoms with Crippen LogP contribution in [0.2, 0.25) is 0 Å². The van der Waals surface area contributed by atoms with Crippen molar-refractivity contribution in [3.8, 4) is 11.1 Å². The number of carbonyl (C=O) groups excluding carboxylic acids is 4. The number of amides is 2. The van der Waals surface area contributed by atoms with E-state index in [2.05, 4.69) is 62.9 Å². The van der Waals surface area contributed by atoms with Crippen LogP contribution in [0.25, 0.3) is 11.1 Å². The molecule has 1 aromatic carbocycles. The van der Waals surface area contributed by atoms with E-state index in [4.69, 9.17) is 0 Å². The number of hydrogen-bond acceptors (Lipinski definition) is 12. The summed E-state index contributed by atoms with van der Waals surface area (Å²) in [6.07, 6.45) is 2.21. The minimum Gasteiger partial charge on any atom is -0.351 e. The van der Waals surface area contributed by atoms with Crippen LogP contribution < -0.4 is 20.1 Å². The molecule has 0 aliphatic carbocycles. The van der Waals surface area contributed by atoms with Crippen molar-refractivity contribution in [2.75, 3.05) is 36.1 Å². The van der Waals surface area contributed by atoms with Gasteiger partial charge in [0.1, 0.15) is 12.0 Å². The molecule has 2 amide bonds. The first-order chi connectivity index (χ1) is 18.4. The van der Waals surface area contributed by atoms with E-state index in [1.54, 1.807) is 6.07 Å². The number of aldehydes is 1. The minimum atomic E-state index is -0.474. The van der Waals surface area contributed by atoms with Crippen LogP contribution >= 0.6 is 71.6 Å². The highest BCUT2D eigenvalue weighted by Crippen LogP contribution is 2.24. The fourth-order valence-corrected chi connectivity index (χ4v) is 6.25. The number of rotatable bonds is 18. The van der Waals surface area contributed by atoms with Crippen LogP contribution in [0.5, 0.6) is 0 Å². The molecule has 1 aromatic heterocycles. The van der Waals surface area contributed by atoms with Crippen molar-refractivity contribution in [3.05, 3.63) is 53.9 Å². The second kappa shape index (κ2) is 18.9. The first-order valence-electron chi connectivity index (χ1n) is 11.3. The van der Waals surface area contributed by atoms with E-state index in [1.165, 1.54) is 39.9 Å².